The molecule has 0 aromatic carbocycles. The fourth-order valence-electron chi connectivity index (χ4n) is 1.07. The minimum Gasteiger partial charge on any atom is -0.480 e. The van der Waals surface area contributed by atoms with Gasteiger partial charge in [0.1, 0.15) is 12.4 Å². The molecule has 5 nitrogen and oxygen atoms in total. The maximum absolute atomic E-state index is 10.7. The highest BCUT2D eigenvalue weighted by Gasteiger charge is 2.13. The number of aromatic nitrogens is 2. The van der Waals surface area contributed by atoms with E-state index in [4.69, 9.17) is 5.11 Å². The quantitative estimate of drug-likeness (QED) is 0.712. The highest BCUT2D eigenvalue weighted by atomic mass is 16.4. The standard InChI is InChI=1S/C9H13N3O2/c1-2-8(9(13)14)12-5-7-3-10-6-11-4-7/h3-4,6,8,12H,2,5H2,1H3,(H,13,14). The van der Waals surface area contributed by atoms with E-state index in [0.29, 0.717) is 13.0 Å². The van der Waals surface area contributed by atoms with Gasteiger partial charge in [-0.25, -0.2) is 9.97 Å². The summed E-state index contributed by atoms with van der Waals surface area (Å²) in [4.78, 5) is 18.3. The molecule has 0 radical (unpaired) electrons. The normalized spacial score (nSPS) is 12.4. The lowest BCUT2D eigenvalue weighted by Crippen LogP contribution is -2.35. The van der Waals surface area contributed by atoms with E-state index in [1.54, 1.807) is 12.4 Å². The summed E-state index contributed by atoms with van der Waals surface area (Å²) in [6.45, 7) is 2.30. The molecular formula is C9H13N3O2. The number of hydrogen-bond donors (Lipinski definition) is 2. The minimum atomic E-state index is -0.829. The Kier molecular flexibility index (Phi) is 4.00. The summed E-state index contributed by atoms with van der Waals surface area (Å²) in [5, 5.41) is 11.7. The van der Waals surface area contributed by atoms with Crippen molar-refractivity contribution in [3.8, 4) is 0 Å². The second-order valence-corrected chi connectivity index (χ2v) is 2.93. The third kappa shape index (κ3) is 3.10. The maximum Gasteiger partial charge on any atom is 0.320 e. The third-order valence-electron chi connectivity index (χ3n) is 1.87. The van der Waals surface area contributed by atoms with Gasteiger partial charge < -0.3 is 10.4 Å². The molecule has 14 heavy (non-hydrogen) atoms. The number of nitrogens with one attached hydrogen (secondary N) is 1. The number of carbonyl (C=O) groups is 1. The lowest BCUT2D eigenvalue weighted by Gasteiger charge is -2.11. The van der Waals surface area contributed by atoms with Crippen LogP contribution < -0.4 is 5.32 Å². The minimum absolute atomic E-state index is 0.478. The van der Waals surface area contributed by atoms with Crippen LogP contribution in [0.5, 0.6) is 0 Å². The Balaban J connectivity index is 2.44. The summed E-state index contributed by atoms with van der Waals surface area (Å²) < 4.78 is 0. The lowest BCUT2D eigenvalue weighted by molar-refractivity contribution is -0.139. The largest absolute Gasteiger partial charge is 0.480 e. The number of aliphatic carboxylic acids is 1. The predicted octanol–water partition coefficient (Wildman–Crippen LogP) is 0.429. The van der Waals surface area contributed by atoms with Crippen LogP contribution in [0.15, 0.2) is 18.7 Å². The first kappa shape index (κ1) is 10.6. The topological polar surface area (TPSA) is 75.1 Å². The Bertz CT molecular complexity index is 289. The van der Waals surface area contributed by atoms with Crippen molar-refractivity contribution in [2.75, 3.05) is 0 Å². The fourth-order valence-corrected chi connectivity index (χ4v) is 1.07. The fraction of sp³-hybridized carbons (Fsp3) is 0.444. The van der Waals surface area contributed by atoms with Crippen molar-refractivity contribution < 1.29 is 9.90 Å². The molecule has 1 unspecified atom stereocenters. The van der Waals surface area contributed by atoms with Gasteiger partial charge >= 0.3 is 5.97 Å². The molecule has 0 fully saturated rings. The zero-order valence-corrected chi connectivity index (χ0v) is 7.97. The first-order valence-electron chi connectivity index (χ1n) is 4.44. The lowest BCUT2D eigenvalue weighted by atomic mass is 10.2. The highest BCUT2D eigenvalue weighted by molar-refractivity contribution is 5.73. The first-order valence-corrected chi connectivity index (χ1v) is 4.44. The van der Waals surface area contributed by atoms with E-state index in [-0.39, 0.29) is 0 Å². The van der Waals surface area contributed by atoms with E-state index in [0.717, 1.165) is 5.56 Å². The van der Waals surface area contributed by atoms with Crippen molar-refractivity contribution in [3.05, 3.63) is 24.3 Å². The zero-order valence-electron chi connectivity index (χ0n) is 7.97. The van der Waals surface area contributed by atoms with E-state index in [1.165, 1.54) is 6.33 Å². The van der Waals surface area contributed by atoms with E-state index in [2.05, 4.69) is 15.3 Å². The van der Waals surface area contributed by atoms with Crippen molar-refractivity contribution in [2.24, 2.45) is 0 Å². The Labute approximate surface area is 82.2 Å². The van der Waals surface area contributed by atoms with Gasteiger partial charge in [-0.05, 0) is 6.42 Å². The molecule has 76 valence electrons. The molecule has 1 aromatic rings. The van der Waals surface area contributed by atoms with Gasteiger partial charge in [0.15, 0.2) is 0 Å². The van der Waals surface area contributed by atoms with Crippen LogP contribution in [-0.2, 0) is 11.3 Å². The summed E-state index contributed by atoms with van der Waals surface area (Å²) >= 11 is 0. The van der Waals surface area contributed by atoms with Gasteiger partial charge in [0.2, 0.25) is 0 Å². The number of carboxylic acids is 1. The molecule has 5 heteroatoms. The molecule has 0 aliphatic rings. The second-order valence-electron chi connectivity index (χ2n) is 2.93. The van der Waals surface area contributed by atoms with Crippen LogP contribution in [0.4, 0.5) is 0 Å². The average Bonchev–Trinajstić information content (AvgIpc) is 2.20. The molecule has 0 saturated carbocycles. The molecule has 0 aliphatic carbocycles. The molecular weight excluding hydrogens is 182 g/mol. The molecule has 0 saturated heterocycles. The molecule has 1 aromatic heterocycles. The molecule has 0 aliphatic heterocycles. The number of nitrogens with zero attached hydrogens (tertiary/aromatic N) is 2. The molecule has 0 spiro atoms. The van der Waals surface area contributed by atoms with Crippen LogP contribution in [0.3, 0.4) is 0 Å². The van der Waals surface area contributed by atoms with Gasteiger partial charge in [0.05, 0.1) is 0 Å². The van der Waals surface area contributed by atoms with Gasteiger partial charge in [-0.15, -0.1) is 0 Å². The Morgan fingerprint density at radius 2 is 2.21 bits per heavy atom. The Hall–Kier alpha value is -1.49. The van der Waals surface area contributed by atoms with Gasteiger partial charge in [-0.1, -0.05) is 6.92 Å². The first-order chi connectivity index (χ1) is 6.74. The summed E-state index contributed by atoms with van der Waals surface area (Å²) in [6.07, 6.45) is 5.32. The number of rotatable bonds is 5. The van der Waals surface area contributed by atoms with Gasteiger partial charge in [-0.3, -0.25) is 4.79 Å². The van der Waals surface area contributed by atoms with Gasteiger partial charge in [0, 0.05) is 24.5 Å². The van der Waals surface area contributed by atoms with Crippen molar-refractivity contribution in [3.63, 3.8) is 0 Å². The average molecular weight is 195 g/mol. The highest BCUT2D eigenvalue weighted by Crippen LogP contribution is 1.96. The van der Waals surface area contributed by atoms with E-state index in [9.17, 15) is 4.79 Å². The third-order valence-corrected chi connectivity index (χ3v) is 1.87. The SMILES string of the molecule is CCC(NCc1cncnc1)C(=O)O. The smallest absolute Gasteiger partial charge is 0.320 e. The van der Waals surface area contributed by atoms with Crippen LogP contribution in [-0.4, -0.2) is 27.1 Å². The van der Waals surface area contributed by atoms with Crippen LogP contribution in [0, 0.1) is 0 Å². The monoisotopic (exact) mass is 195 g/mol. The Morgan fingerprint density at radius 3 is 2.71 bits per heavy atom. The van der Waals surface area contributed by atoms with Gasteiger partial charge in [0.25, 0.3) is 0 Å². The van der Waals surface area contributed by atoms with Crippen molar-refractivity contribution in [1.82, 2.24) is 15.3 Å². The summed E-state index contributed by atoms with van der Waals surface area (Å²) in [6, 6.07) is -0.504. The molecule has 1 rings (SSSR count). The van der Waals surface area contributed by atoms with Gasteiger partial charge in [-0.2, -0.15) is 0 Å². The van der Waals surface area contributed by atoms with E-state index in [1.807, 2.05) is 6.92 Å². The van der Waals surface area contributed by atoms with Crippen LogP contribution in [0.2, 0.25) is 0 Å². The number of hydrogen-bond acceptors (Lipinski definition) is 4. The van der Waals surface area contributed by atoms with Crippen molar-refractivity contribution in [2.45, 2.75) is 25.9 Å². The van der Waals surface area contributed by atoms with E-state index < -0.39 is 12.0 Å². The second kappa shape index (κ2) is 5.29. The summed E-state index contributed by atoms with van der Waals surface area (Å²) in [5.74, 6) is -0.829. The van der Waals surface area contributed by atoms with Crippen molar-refractivity contribution >= 4 is 5.97 Å². The number of carboxylic acid groups (broad SMARTS) is 1. The molecule has 0 bridgehead atoms. The molecule has 0 amide bonds. The summed E-state index contributed by atoms with van der Waals surface area (Å²) in [5.41, 5.74) is 0.882. The van der Waals surface area contributed by atoms with Crippen molar-refractivity contribution in [1.29, 1.82) is 0 Å². The summed E-state index contributed by atoms with van der Waals surface area (Å²) in [7, 11) is 0. The zero-order chi connectivity index (χ0) is 10.4. The molecule has 1 heterocycles. The van der Waals surface area contributed by atoms with Crippen LogP contribution >= 0.6 is 0 Å². The van der Waals surface area contributed by atoms with Crippen LogP contribution in [0.25, 0.3) is 0 Å². The molecule has 2 N–H and O–H groups in total. The van der Waals surface area contributed by atoms with Crippen LogP contribution in [0.1, 0.15) is 18.9 Å². The maximum atomic E-state index is 10.7. The Morgan fingerprint density at radius 1 is 1.57 bits per heavy atom. The molecule has 1 atom stereocenters. The predicted molar refractivity (Wildman–Crippen MR) is 50.6 cm³/mol. The van der Waals surface area contributed by atoms with E-state index >= 15 is 0 Å².